The minimum absolute atomic E-state index is 0.195. The molecule has 0 radical (unpaired) electrons. The van der Waals surface area contributed by atoms with Crippen LogP contribution in [0.25, 0.3) is 22.4 Å². The van der Waals surface area contributed by atoms with Crippen LogP contribution in [0.1, 0.15) is 18.7 Å². The number of carbonyl (C=O) groups is 1. The van der Waals surface area contributed by atoms with Crippen LogP contribution in [-0.2, 0) is 4.79 Å². The summed E-state index contributed by atoms with van der Waals surface area (Å²) in [5.41, 5.74) is 0.861. The number of aromatic nitrogens is 5. The number of hydrogen-bond acceptors (Lipinski definition) is 4. The highest BCUT2D eigenvalue weighted by Gasteiger charge is 2.26. The summed E-state index contributed by atoms with van der Waals surface area (Å²) >= 11 is 0. The topological polar surface area (TPSA) is 86.7 Å². The number of benzene rings is 2. The zero-order valence-electron chi connectivity index (χ0n) is 18.8. The molecule has 5 aromatic rings. The first kappa shape index (κ1) is 22.2. The average Bonchev–Trinajstić information content (AvgIpc) is 3.51. The van der Waals surface area contributed by atoms with Crippen LogP contribution in [0.2, 0.25) is 0 Å². The zero-order valence-corrected chi connectivity index (χ0v) is 18.8. The van der Waals surface area contributed by atoms with Gasteiger partial charge in [0.05, 0.1) is 17.1 Å². The van der Waals surface area contributed by atoms with Crippen LogP contribution in [0.5, 0.6) is 0 Å². The van der Waals surface area contributed by atoms with Gasteiger partial charge in [-0.25, -0.2) is 18.1 Å². The molecule has 0 saturated carbocycles. The van der Waals surface area contributed by atoms with Gasteiger partial charge in [-0.1, -0.05) is 18.2 Å². The molecule has 0 aliphatic heterocycles. The van der Waals surface area contributed by atoms with E-state index in [-0.39, 0.29) is 11.1 Å². The van der Waals surface area contributed by atoms with Gasteiger partial charge in [0.25, 0.3) is 5.56 Å². The Bertz CT molecular complexity index is 1610. The summed E-state index contributed by atoms with van der Waals surface area (Å²) < 4.78 is 31.7. The molecule has 3 heterocycles. The highest BCUT2D eigenvalue weighted by molar-refractivity contribution is 5.94. The number of para-hydroxylation sites is 1. The van der Waals surface area contributed by atoms with Crippen molar-refractivity contribution < 1.29 is 13.6 Å². The van der Waals surface area contributed by atoms with Gasteiger partial charge in [0.1, 0.15) is 28.6 Å². The van der Waals surface area contributed by atoms with E-state index in [1.165, 1.54) is 6.92 Å². The molecule has 5 rings (SSSR count). The Morgan fingerprint density at radius 2 is 1.71 bits per heavy atom. The summed E-state index contributed by atoms with van der Waals surface area (Å²) in [5.74, 6) is -1.86. The van der Waals surface area contributed by atoms with Gasteiger partial charge in [-0.2, -0.15) is 10.2 Å². The summed E-state index contributed by atoms with van der Waals surface area (Å²) in [6.07, 6.45) is 3.59. The van der Waals surface area contributed by atoms with E-state index in [0.717, 1.165) is 22.5 Å². The Balaban J connectivity index is 1.65. The van der Waals surface area contributed by atoms with Crippen LogP contribution in [0, 0.1) is 18.6 Å². The van der Waals surface area contributed by atoms with Crippen molar-refractivity contribution in [3.05, 3.63) is 101 Å². The molecule has 3 aromatic heterocycles. The second-order valence-corrected chi connectivity index (χ2v) is 8.01. The number of carbonyl (C=O) groups excluding carboxylic acids is 1. The van der Waals surface area contributed by atoms with Crippen LogP contribution >= 0.6 is 0 Å². The first-order valence-electron chi connectivity index (χ1n) is 10.8. The lowest BCUT2D eigenvalue weighted by Crippen LogP contribution is -2.34. The number of amides is 1. The summed E-state index contributed by atoms with van der Waals surface area (Å²) in [7, 11) is 0. The summed E-state index contributed by atoms with van der Waals surface area (Å²) in [6, 6.07) is 14.7. The molecule has 0 aliphatic carbocycles. The number of hydrogen-bond donors (Lipinski definition) is 1. The van der Waals surface area contributed by atoms with Crippen molar-refractivity contribution in [2.24, 2.45) is 0 Å². The number of nitrogens with zero attached hydrogens (tertiary/aromatic N) is 5. The minimum atomic E-state index is -1.09. The minimum Gasteiger partial charge on any atom is -0.322 e. The predicted octanol–water partition coefficient (Wildman–Crippen LogP) is 4.16. The Hall–Kier alpha value is -4.60. The SMILES string of the molecule is Cc1nn(C(C)C(=O)Nc2ccc(F)cc2F)c(=O)c2c(-n3cccc3)n(-c3ccccc3)nc12. The molecule has 8 nitrogen and oxygen atoms in total. The van der Waals surface area contributed by atoms with Gasteiger partial charge in [0, 0.05) is 18.5 Å². The van der Waals surface area contributed by atoms with E-state index >= 15 is 0 Å². The number of nitrogens with one attached hydrogen (secondary N) is 1. The molecule has 0 bridgehead atoms. The molecule has 0 fully saturated rings. The quantitative estimate of drug-likeness (QED) is 0.415. The maximum absolute atomic E-state index is 14.0. The summed E-state index contributed by atoms with van der Waals surface area (Å²) in [4.78, 5) is 26.6. The lowest BCUT2D eigenvalue weighted by Gasteiger charge is -2.15. The molecule has 1 unspecified atom stereocenters. The van der Waals surface area contributed by atoms with Gasteiger partial charge < -0.3 is 9.88 Å². The van der Waals surface area contributed by atoms with Crippen LogP contribution < -0.4 is 10.9 Å². The molecule has 176 valence electrons. The molecule has 1 amide bonds. The van der Waals surface area contributed by atoms with Crippen molar-refractivity contribution >= 4 is 22.5 Å². The van der Waals surface area contributed by atoms with Gasteiger partial charge in [-0.15, -0.1) is 0 Å². The van der Waals surface area contributed by atoms with Gasteiger partial charge in [-0.05, 0) is 50.2 Å². The zero-order chi connectivity index (χ0) is 24.7. The van der Waals surface area contributed by atoms with E-state index in [4.69, 9.17) is 0 Å². The lowest BCUT2D eigenvalue weighted by atomic mass is 10.2. The number of fused-ring (bicyclic) bond motifs is 1. The van der Waals surface area contributed by atoms with Crippen LogP contribution in [0.3, 0.4) is 0 Å². The van der Waals surface area contributed by atoms with Crippen molar-refractivity contribution in [1.29, 1.82) is 0 Å². The third kappa shape index (κ3) is 3.88. The Morgan fingerprint density at radius 3 is 2.40 bits per heavy atom. The number of halogens is 2. The predicted molar refractivity (Wildman–Crippen MR) is 127 cm³/mol. The van der Waals surface area contributed by atoms with Crippen molar-refractivity contribution in [1.82, 2.24) is 24.1 Å². The highest BCUT2D eigenvalue weighted by atomic mass is 19.1. The van der Waals surface area contributed by atoms with E-state index in [1.54, 1.807) is 28.6 Å². The Morgan fingerprint density at radius 1 is 1.00 bits per heavy atom. The molecule has 0 aliphatic rings. The second-order valence-electron chi connectivity index (χ2n) is 8.01. The number of anilines is 1. The first-order chi connectivity index (χ1) is 16.8. The fraction of sp³-hybridized carbons (Fsp3) is 0.120. The standard InChI is InChI=1S/C25H20F2N6O2/c1-15-22-21(24(31-12-6-7-13-31)33(30-22)18-8-4-3-5-9-18)25(35)32(29-15)16(2)23(34)28-20-11-10-17(26)14-19(20)27/h3-14,16H,1-2H3,(H,28,34). The molecule has 2 aromatic carbocycles. The largest absolute Gasteiger partial charge is 0.322 e. The Labute approximate surface area is 198 Å². The normalized spacial score (nSPS) is 12.1. The monoisotopic (exact) mass is 474 g/mol. The van der Waals surface area contributed by atoms with Crippen LogP contribution in [0.15, 0.2) is 77.9 Å². The van der Waals surface area contributed by atoms with E-state index in [1.807, 2.05) is 42.5 Å². The molecule has 35 heavy (non-hydrogen) atoms. The Kier molecular flexibility index (Phi) is 5.48. The molecule has 1 atom stereocenters. The molecule has 0 saturated heterocycles. The fourth-order valence-electron chi connectivity index (χ4n) is 3.89. The van der Waals surface area contributed by atoms with Crippen molar-refractivity contribution in [3.8, 4) is 11.5 Å². The van der Waals surface area contributed by atoms with Crippen molar-refractivity contribution in [3.63, 3.8) is 0 Å². The first-order valence-corrected chi connectivity index (χ1v) is 10.8. The van der Waals surface area contributed by atoms with Crippen LogP contribution in [0.4, 0.5) is 14.5 Å². The molecular formula is C25H20F2N6O2. The number of rotatable bonds is 5. The molecule has 1 N–H and O–H groups in total. The van der Waals surface area contributed by atoms with E-state index in [2.05, 4.69) is 15.5 Å². The smallest absolute Gasteiger partial charge is 0.280 e. The molecular weight excluding hydrogens is 454 g/mol. The van der Waals surface area contributed by atoms with Gasteiger partial charge in [0.15, 0.2) is 5.82 Å². The van der Waals surface area contributed by atoms with E-state index < -0.39 is 29.1 Å². The maximum atomic E-state index is 14.0. The molecule has 0 spiro atoms. The second kappa shape index (κ2) is 8.64. The molecule has 10 heteroatoms. The summed E-state index contributed by atoms with van der Waals surface area (Å²) in [5, 5.41) is 11.7. The van der Waals surface area contributed by atoms with Gasteiger partial charge >= 0.3 is 0 Å². The highest BCUT2D eigenvalue weighted by Crippen LogP contribution is 2.25. The van der Waals surface area contributed by atoms with Crippen molar-refractivity contribution in [2.75, 3.05) is 5.32 Å². The lowest BCUT2D eigenvalue weighted by molar-refractivity contribution is -0.119. The van der Waals surface area contributed by atoms with Gasteiger partial charge in [-0.3, -0.25) is 9.59 Å². The average molecular weight is 474 g/mol. The van der Waals surface area contributed by atoms with E-state index in [0.29, 0.717) is 23.1 Å². The van der Waals surface area contributed by atoms with Crippen LogP contribution in [-0.4, -0.2) is 30.0 Å². The van der Waals surface area contributed by atoms with Gasteiger partial charge in [0.2, 0.25) is 5.91 Å². The fourth-order valence-corrected chi connectivity index (χ4v) is 3.89. The summed E-state index contributed by atoms with van der Waals surface area (Å²) in [6.45, 7) is 3.18. The van der Waals surface area contributed by atoms with Crippen molar-refractivity contribution in [2.45, 2.75) is 19.9 Å². The third-order valence-electron chi connectivity index (χ3n) is 5.67. The van der Waals surface area contributed by atoms with E-state index in [9.17, 15) is 18.4 Å². The number of aryl methyl sites for hydroxylation is 1. The maximum Gasteiger partial charge on any atom is 0.280 e. The third-order valence-corrected chi connectivity index (χ3v) is 5.67.